The Bertz CT molecular complexity index is 432. The second-order valence-corrected chi connectivity index (χ2v) is 4.49. The zero-order chi connectivity index (χ0) is 10.2. The van der Waals surface area contributed by atoms with E-state index in [-0.39, 0.29) is 4.90 Å². The molecule has 0 aliphatic carbocycles. The predicted octanol–water partition coefficient (Wildman–Crippen LogP) is 1.86. The molecule has 72 valence electrons. The van der Waals surface area contributed by atoms with Crippen molar-refractivity contribution in [3.05, 3.63) is 28.8 Å². The van der Waals surface area contributed by atoms with Crippen LogP contribution >= 0.6 is 0 Å². The zero-order valence-electron chi connectivity index (χ0n) is 7.83. The van der Waals surface area contributed by atoms with E-state index in [9.17, 15) is 8.42 Å². The van der Waals surface area contributed by atoms with Crippen LogP contribution in [0, 0.1) is 20.8 Å². The van der Waals surface area contributed by atoms with Gasteiger partial charge in [0.05, 0.1) is 4.90 Å². The highest BCUT2D eigenvalue weighted by molar-refractivity contribution is 7.86. The van der Waals surface area contributed by atoms with Crippen LogP contribution in [-0.2, 0) is 10.1 Å². The summed E-state index contributed by atoms with van der Waals surface area (Å²) in [6, 6.07) is 3.52. The molecule has 4 heteroatoms. The van der Waals surface area contributed by atoms with Crippen LogP contribution in [-0.4, -0.2) is 13.0 Å². The standard InChI is InChI=1S/C9H12O3S/c1-6-4-5-7(2)9(8(6)3)13(10,11)12/h4-5H,1-3H3,(H,10,11,12). The molecule has 0 unspecified atom stereocenters. The molecular formula is C9H12O3S. The van der Waals surface area contributed by atoms with E-state index in [4.69, 9.17) is 4.55 Å². The largest absolute Gasteiger partial charge is 0.295 e. The minimum atomic E-state index is -4.09. The number of benzene rings is 1. The Balaban J connectivity index is 3.62. The van der Waals surface area contributed by atoms with Gasteiger partial charge in [0.1, 0.15) is 0 Å². The maximum absolute atomic E-state index is 11.0. The summed E-state index contributed by atoms with van der Waals surface area (Å²) in [5.74, 6) is 0. The molecule has 0 amide bonds. The molecule has 0 aliphatic heterocycles. The maximum Gasteiger partial charge on any atom is 0.295 e. The highest BCUT2D eigenvalue weighted by atomic mass is 32.2. The van der Waals surface area contributed by atoms with Gasteiger partial charge >= 0.3 is 0 Å². The molecule has 0 fully saturated rings. The molecule has 0 spiro atoms. The topological polar surface area (TPSA) is 54.4 Å². The van der Waals surface area contributed by atoms with Crippen molar-refractivity contribution in [1.29, 1.82) is 0 Å². The van der Waals surface area contributed by atoms with Crippen LogP contribution < -0.4 is 0 Å². The van der Waals surface area contributed by atoms with E-state index < -0.39 is 10.1 Å². The van der Waals surface area contributed by atoms with Gasteiger partial charge in [-0.3, -0.25) is 4.55 Å². The molecule has 0 saturated carbocycles. The van der Waals surface area contributed by atoms with Gasteiger partial charge in [0.25, 0.3) is 10.1 Å². The third-order valence-electron chi connectivity index (χ3n) is 2.13. The average molecular weight is 200 g/mol. The first kappa shape index (κ1) is 10.2. The van der Waals surface area contributed by atoms with E-state index >= 15 is 0 Å². The van der Waals surface area contributed by atoms with Crippen LogP contribution in [0.1, 0.15) is 16.7 Å². The second kappa shape index (κ2) is 3.12. The fourth-order valence-corrected chi connectivity index (χ4v) is 2.35. The third-order valence-corrected chi connectivity index (χ3v) is 3.28. The summed E-state index contributed by atoms with van der Waals surface area (Å²) in [5.41, 5.74) is 2.05. The minimum absolute atomic E-state index is 0.0347. The van der Waals surface area contributed by atoms with Gasteiger partial charge in [-0.15, -0.1) is 0 Å². The van der Waals surface area contributed by atoms with Crippen molar-refractivity contribution < 1.29 is 13.0 Å². The van der Waals surface area contributed by atoms with Gasteiger partial charge in [0.2, 0.25) is 0 Å². The molecule has 3 nitrogen and oxygen atoms in total. The molecular weight excluding hydrogens is 188 g/mol. The van der Waals surface area contributed by atoms with Gasteiger partial charge < -0.3 is 0 Å². The van der Waals surface area contributed by atoms with Crippen molar-refractivity contribution >= 4 is 10.1 Å². The van der Waals surface area contributed by atoms with Gasteiger partial charge in [-0.1, -0.05) is 12.1 Å². The van der Waals surface area contributed by atoms with E-state index in [0.29, 0.717) is 11.1 Å². The molecule has 0 heterocycles. The van der Waals surface area contributed by atoms with Gasteiger partial charge in [-0.25, -0.2) is 0 Å². The van der Waals surface area contributed by atoms with E-state index in [0.717, 1.165) is 5.56 Å². The van der Waals surface area contributed by atoms with Crippen LogP contribution in [0.2, 0.25) is 0 Å². The molecule has 0 aliphatic rings. The van der Waals surface area contributed by atoms with Crippen LogP contribution in [0.3, 0.4) is 0 Å². The number of aryl methyl sites for hydroxylation is 2. The quantitative estimate of drug-likeness (QED) is 0.704. The van der Waals surface area contributed by atoms with E-state index in [1.807, 2.05) is 13.0 Å². The monoisotopic (exact) mass is 200 g/mol. The highest BCUT2D eigenvalue weighted by Gasteiger charge is 2.16. The Morgan fingerprint density at radius 3 is 1.92 bits per heavy atom. The average Bonchev–Trinajstić information content (AvgIpc) is 1.95. The molecule has 1 rings (SSSR count). The Hall–Kier alpha value is -0.870. The van der Waals surface area contributed by atoms with Crippen molar-refractivity contribution in [3.63, 3.8) is 0 Å². The van der Waals surface area contributed by atoms with Crippen molar-refractivity contribution in [2.75, 3.05) is 0 Å². The lowest BCUT2D eigenvalue weighted by Crippen LogP contribution is -2.04. The Morgan fingerprint density at radius 2 is 1.54 bits per heavy atom. The lowest BCUT2D eigenvalue weighted by Gasteiger charge is -2.08. The summed E-state index contributed by atoms with van der Waals surface area (Å²) >= 11 is 0. The maximum atomic E-state index is 11.0. The molecule has 1 N–H and O–H groups in total. The fourth-order valence-electron chi connectivity index (χ4n) is 1.32. The normalized spacial score (nSPS) is 11.7. The van der Waals surface area contributed by atoms with Gasteiger partial charge in [-0.05, 0) is 37.5 Å². The summed E-state index contributed by atoms with van der Waals surface area (Å²) in [4.78, 5) is 0.0347. The molecule has 0 atom stereocenters. The van der Waals surface area contributed by atoms with Crippen LogP contribution in [0.4, 0.5) is 0 Å². The molecule has 0 aromatic heterocycles. The Kier molecular flexibility index (Phi) is 2.45. The minimum Gasteiger partial charge on any atom is -0.282 e. The van der Waals surface area contributed by atoms with Crippen LogP contribution in [0.25, 0.3) is 0 Å². The van der Waals surface area contributed by atoms with Crippen molar-refractivity contribution in [3.8, 4) is 0 Å². The Morgan fingerprint density at radius 1 is 1.08 bits per heavy atom. The van der Waals surface area contributed by atoms with Gasteiger partial charge in [-0.2, -0.15) is 8.42 Å². The Labute approximate surface area is 78.2 Å². The van der Waals surface area contributed by atoms with Crippen LogP contribution in [0.15, 0.2) is 17.0 Å². The molecule has 1 aromatic rings. The smallest absolute Gasteiger partial charge is 0.282 e. The lowest BCUT2D eigenvalue weighted by molar-refractivity contribution is 0.482. The highest BCUT2D eigenvalue weighted by Crippen LogP contribution is 2.22. The van der Waals surface area contributed by atoms with Gasteiger partial charge in [0, 0.05) is 0 Å². The summed E-state index contributed by atoms with van der Waals surface area (Å²) in [7, 11) is -4.09. The van der Waals surface area contributed by atoms with Crippen molar-refractivity contribution in [2.24, 2.45) is 0 Å². The summed E-state index contributed by atoms with van der Waals surface area (Å²) in [6.45, 7) is 5.16. The molecule has 13 heavy (non-hydrogen) atoms. The van der Waals surface area contributed by atoms with Crippen molar-refractivity contribution in [2.45, 2.75) is 25.7 Å². The molecule has 1 aromatic carbocycles. The summed E-state index contributed by atoms with van der Waals surface area (Å²) in [6.07, 6.45) is 0. The molecule has 0 saturated heterocycles. The number of hydrogen-bond acceptors (Lipinski definition) is 2. The van der Waals surface area contributed by atoms with Crippen LogP contribution in [0.5, 0.6) is 0 Å². The van der Waals surface area contributed by atoms with E-state index in [1.54, 1.807) is 19.9 Å². The molecule has 0 bridgehead atoms. The predicted molar refractivity (Wildman–Crippen MR) is 50.5 cm³/mol. The summed E-state index contributed by atoms with van der Waals surface area (Å²) in [5, 5.41) is 0. The molecule has 0 radical (unpaired) electrons. The van der Waals surface area contributed by atoms with E-state index in [2.05, 4.69) is 0 Å². The zero-order valence-corrected chi connectivity index (χ0v) is 8.64. The fraction of sp³-hybridized carbons (Fsp3) is 0.333. The van der Waals surface area contributed by atoms with E-state index in [1.165, 1.54) is 0 Å². The first-order valence-electron chi connectivity index (χ1n) is 3.88. The summed E-state index contributed by atoms with van der Waals surface area (Å²) < 4.78 is 30.9. The SMILES string of the molecule is Cc1ccc(C)c(S(=O)(=O)O)c1C. The van der Waals surface area contributed by atoms with Gasteiger partial charge in [0.15, 0.2) is 0 Å². The lowest BCUT2D eigenvalue weighted by atomic mass is 10.1. The first-order chi connectivity index (χ1) is 5.84. The van der Waals surface area contributed by atoms with Crippen molar-refractivity contribution in [1.82, 2.24) is 0 Å². The number of hydrogen-bond donors (Lipinski definition) is 1. The number of rotatable bonds is 1. The second-order valence-electron chi connectivity index (χ2n) is 3.13. The third kappa shape index (κ3) is 1.89. The first-order valence-corrected chi connectivity index (χ1v) is 5.32.